The second-order valence-electron chi connectivity index (χ2n) is 4.27. The van der Waals surface area contributed by atoms with Gasteiger partial charge in [-0.3, -0.25) is 4.98 Å². The maximum Gasteiger partial charge on any atom is 0.358 e. The third-order valence-electron chi connectivity index (χ3n) is 2.63. The molecule has 2 heterocycles. The molecule has 0 atom stereocenters. The van der Waals surface area contributed by atoms with E-state index in [4.69, 9.17) is 4.74 Å². The lowest BCUT2D eigenvalue weighted by Crippen LogP contribution is -2.07. The molecule has 0 spiro atoms. The molecule has 0 amide bonds. The quantitative estimate of drug-likeness (QED) is 0.858. The minimum absolute atomic E-state index is 0.353. The third kappa shape index (κ3) is 3.54. The number of hydrogen-bond acceptors (Lipinski definition) is 6. The van der Waals surface area contributed by atoms with Crippen molar-refractivity contribution in [2.24, 2.45) is 0 Å². The molecule has 0 aliphatic rings. The number of anilines is 1. The number of aryl methyl sites for hydroxylation is 2. The number of nitrogens with zero attached hydrogens (tertiary/aromatic N) is 2. The Labute approximate surface area is 122 Å². The first-order valence-corrected chi connectivity index (χ1v) is 7.22. The number of nitrogens with one attached hydrogen (secondary N) is 1. The predicted octanol–water partition coefficient (Wildman–Crippen LogP) is 2.94. The van der Waals surface area contributed by atoms with Crippen molar-refractivity contribution < 1.29 is 9.53 Å². The summed E-state index contributed by atoms with van der Waals surface area (Å²) in [5, 5.41) is 3.89. The molecule has 0 aliphatic heterocycles. The molecule has 0 saturated carbocycles. The molecule has 5 nitrogen and oxygen atoms in total. The molecule has 106 valence electrons. The van der Waals surface area contributed by atoms with Gasteiger partial charge in [0.2, 0.25) is 0 Å². The zero-order valence-corrected chi connectivity index (χ0v) is 12.6. The van der Waals surface area contributed by atoms with Gasteiger partial charge in [0.1, 0.15) is 0 Å². The van der Waals surface area contributed by atoms with Crippen LogP contribution in [-0.2, 0) is 11.3 Å². The van der Waals surface area contributed by atoms with Crippen LogP contribution in [0.5, 0.6) is 0 Å². The van der Waals surface area contributed by atoms with E-state index in [0.29, 0.717) is 24.0 Å². The van der Waals surface area contributed by atoms with E-state index in [1.807, 2.05) is 32.0 Å². The van der Waals surface area contributed by atoms with Gasteiger partial charge in [0, 0.05) is 10.6 Å². The molecule has 2 rings (SSSR count). The summed E-state index contributed by atoms with van der Waals surface area (Å²) in [6.45, 7) is 6.53. The number of rotatable bonds is 5. The first-order valence-electron chi connectivity index (χ1n) is 6.41. The lowest BCUT2D eigenvalue weighted by molar-refractivity contribution is 0.0519. The number of pyridine rings is 1. The zero-order chi connectivity index (χ0) is 14.5. The van der Waals surface area contributed by atoms with Crippen molar-refractivity contribution in [1.82, 2.24) is 9.97 Å². The van der Waals surface area contributed by atoms with Crippen LogP contribution in [-0.4, -0.2) is 22.5 Å². The Morgan fingerprint density at radius 2 is 2.15 bits per heavy atom. The van der Waals surface area contributed by atoms with Crippen molar-refractivity contribution in [2.75, 3.05) is 11.9 Å². The number of ether oxygens (including phenoxy) is 1. The summed E-state index contributed by atoms with van der Waals surface area (Å²) in [5.74, 6) is -0.372. The van der Waals surface area contributed by atoms with E-state index in [2.05, 4.69) is 15.3 Å². The van der Waals surface area contributed by atoms with Gasteiger partial charge in [-0.25, -0.2) is 9.78 Å². The van der Waals surface area contributed by atoms with Crippen molar-refractivity contribution in [3.8, 4) is 0 Å². The van der Waals surface area contributed by atoms with E-state index in [1.54, 1.807) is 6.92 Å². The second-order valence-corrected chi connectivity index (χ2v) is 5.47. The first kappa shape index (κ1) is 14.5. The molecule has 2 aromatic heterocycles. The number of thiazole rings is 1. The predicted molar refractivity (Wildman–Crippen MR) is 79.1 cm³/mol. The van der Waals surface area contributed by atoms with Gasteiger partial charge in [0.15, 0.2) is 10.8 Å². The Morgan fingerprint density at radius 3 is 2.85 bits per heavy atom. The maximum absolute atomic E-state index is 11.7. The maximum atomic E-state index is 11.7. The fraction of sp³-hybridized carbons (Fsp3) is 0.357. The molecule has 20 heavy (non-hydrogen) atoms. The molecule has 0 bridgehead atoms. The molecule has 6 heteroatoms. The van der Waals surface area contributed by atoms with Gasteiger partial charge in [-0.05, 0) is 32.9 Å². The number of esters is 1. The highest BCUT2D eigenvalue weighted by atomic mass is 32.1. The van der Waals surface area contributed by atoms with E-state index in [-0.39, 0.29) is 5.97 Å². The van der Waals surface area contributed by atoms with E-state index >= 15 is 0 Å². The monoisotopic (exact) mass is 291 g/mol. The van der Waals surface area contributed by atoms with E-state index in [1.165, 1.54) is 11.3 Å². The molecule has 0 unspecified atom stereocenters. The number of carbonyl (C=O) groups is 1. The average molecular weight is 291 g/mol. The minimum Gasteiger partial charge on any atom is -0.461 e. The normalized spacial score (nSPS) is 10.3. The lowest BCUT2D eigenvalue weighted by atomic mass is 10.3. The second kappa shape index (κ2) is 6.47. The van der Waals surface area contributed by atoms with Crippen LogP contribution in [0.3, 0.4) is 0 Å². The summed E-state index contributed by atoms with van der Waals surface area (Å²) in [4.78, 5) is 21.2. The van der Waals surface area contributed by atoms with Gasteiger partial charge < -0.3 is 10.1 Å². The van der Waals surface area contributed by atoms with Crippen molar-refractivity contribution in [2.45, 2.75) is 27.3 Å². The van der Waals surface area contributed by atoms with Crippen LogP contribution < -0.4 is 5.32 Å². The fourth-order valence-corrected chi connectivity index (χ4v) is 2.52. The minimum atomic E-state index is -0.372. The van der Waals surface area contributed by atoms with Crippen LogP contribution in [0.2, 0.25) is 0 Å². The van der Waals surface area contributed by atoms with Crippen molar-refractivity contribution in [1.29, 1.82) is 0 Å². The summed E-state index contributed by atoms with van der Waals surface area (Å²) in [6, 6.07) is 5.87. The van der Waals surface area contributed by atoms with E-state index < -0.39 is 0 Å². The van der Waals surface area contributed by atoms with Crippen LogP contribution in [0, 0.1) is 13.8 Å². The van der Waals surface area contributed by atoms with Crippen LogP contribution in [0.4, 0.5) is 5.13 Å². The summed E-state index contributed by atoms with van der Waals surface area (Å²) >= 11 is 1.44. The SMILES string of the molecule is CCOC(=O)c1nc(NCc2cccc(C)n2)sc1C. The lowest BCUT2D eigenvalue weighted by Gasteiger charge is -2.02. The molecule has 0 radical (unpaired) electrons. The van der Waals surface area contributed by atoms with Gasteiger partial charge in [0.05, 0.1) is 18.8 Å². The summed E-state index contributed by atoms with van der Waals surface area (Å²) in [5.41, 5.74) is 2.30. The summed E-state index contributed by atoms with van der Waals surface area (Å²) in [7, 11) is 0. The Bertz CT molecular complexity index is 610. The van der Waals surface area contributed by atoms with Gasteiger partial charge in [0.25, 0.3) is 0 Å². The Hall–Kier alpha value is -1.95. The largest absolute Gasteiger partial charge is 0.461 e. The number of carbonyl (C=O) groups excluding carboxylic acids is 1. The molecule has 0 saturated heterocycles. The molecule has 2 aromatic rings. The van der Waals surface area contributed by atoms with Crippen LogP contribution in [0.1, 0.15) is 33.7 Å². The highest BCUT2D eigenvalue weighted by Crippen LogP contribution is 2.23. The fourth-order valence-electron chi connectivity index (χ4n) is 1.73. The molecular formula is C14H17N3O2S. The number of hydrogen-bond donors (Lipinski definition) is 1. The van der Waals surface area contributed by atoms with Gasteiger partial charge in [-0.15, -0.1) is 11.3 Å². The highest BCUT2D eigenvalue weighted by molar-refractivity contribution is 7.15. The van der Waals surface area contributed by atoms with Crippen LogP contribution >= 0.6 is 11.3 Å². The molecular weight excluding hydrogens is 274 g/mol. The highest BCUT2D eigenvalue weighted by Gasteiger charge is 2.16. The Kier molecular flexibility index (Phi) is 4.68. The van der Waals surface area contributed by atoms with Gasteiger partial charge in [-0.2, -0.15) is 0 Å². The van der Waals surface area contributed by atoms with Gasteiger partial charge in [-0.1, -0.05) is 6.07 Å². The average Bonchev–Trinajstić information content (AvgIpc) is 2.78. The molecule has 0 fully saturated rings. The molecule has 0 aliphatic carbocycles. The van der Waals surface area contributed by atoms with E-state index in [9.17, 15) is 4.79 Å². The van der Waals surface area contributed by atoms with Crippen LogP contribution in [0.15, 0.2) is 18.2 Å². The van der Waals surface area contributed by atoms with Gasteiger partial charge >= 0.3 is 5.97 Å². The van der Waals surface area contributed by atoms with Crippen LogP contribution in [0.25, 0.3) is 0 Å². The Morgan fingerprint density at radius 1 is 1.35 bits per heavy atom. The summed E-state index contributed by atoms with van der Waals surface area (Å²) in [6.07, 6.45) is 0. The molecule has 0 aromatic carbocycles. The zero-order valence-electron chi connectivity index (χ0n) is 11.8. The number of aromatic nitrogens is 2. The third-order valence-corrected chi connectivity index (χ3v) is 3.56. The topological polar surface area (TPSA) is 64.1 Å². The standard InChI is InChI=1S/C14H17N3O2S/c1-4-19-13(18)12-10(3)20-14(17-12)15-8-11-7-5-6-9(2)16-11/h5-7H,4,8H2,1-3H3,(H,15,17). The smallest absolute Gasteiger partial charge is 0.358 e. The van der Waals surface area contributed by atoms with Crippen molar-refractivity contribution in [3.63, 3.8) is 0 Å². The Balaban J connectivity index is 2.04. The summed E-state index contributed by atoms with van der Waals surface area (Å²) < 4.78 is 4.97. The molecule has 1 N–H and O–H groups in total. The van der Waals surface area contributed by atoms with Crippen molar-refractivity contribution in [3.05, 3.63) is 40.2 Å². The van der Waals surface area contributed by atoms with Crippen molar-refractivity contribution >= 4 is 22.4 Å². The van der Waals surface area contributed by atoms with E-state index in [0.717, 1.165) is 16.3 Å². The first-order chi connectivity index (χ1) is 9.60.